The second kappa shape index (κ2) is 18.6. The number of benzene rings is 4. The third-order valence-electron chi connectivity index (χ3n) is 9.58. The predicted octanol–water partition coefficient (Wildman–Crippen LogP) is 8.13. The zero-order valence-corrected chi connectivity index (χ0v) is 29.2. The van der Waals surface area contributed by atoms with E-state index in [0.29, 0.717) is 25.8 Å². The van der Waals surface area contributed by atoms with Crippen LogP contribution in [0.5, 0.6) is 0 Å². The van der Waals surface area contributed by atoms with Crippen molar-refractivity contribution in [2.45, 2.75) is 89.6 Å². The molecule has 8 nitrogen and oxygen atoms in total. The maximum Gasteiger partial charge on any atom is 0.303 e. The van der Waals surface area contributed by atoms with Crippen molar-refractivity contribution in [1.29, 1.82) is 0 Å². The van der Waals surface area contributed by atoms with Crippen LogP contribution >= 0.6 is 0 Å². The normalized spacial score (nSPS) is 18.1. The number of hydrogen-bond donors (Lipinski definition) is 3. The maximum atomic E-state index is 12.5. The number of amides is 1. The van der Waals surface area contributed by atoms with Gasteiger partial charge in [-0.1, -0.05) is 116 Å². The Balaban J connectivity index is 1.25. The van der Waals surface area contributed by atoms with Gasteiger partial charge in [-0.2, -0.15) is 0 Å². The lowest BCUT2D eigenvalue weighted by atomic mass is 9.97. The summed E-state index contributed by atoms with van der Waals surface area (Å²) >= 11 is 0. The van der Waals surface area contributed by atoms with E-state index in [0.717, 1.165) is 59.2 Å². The van der Waals surface area contributed by atoms with Crippen LogP contribution in [0.15, 0.2) is 103 Å². The van der Waals surface area contributed by atoms with Crippen LogP contribution < -0.4 is 5.32 Å². The quantitative estimate of drug-likeness (QED) is 0.0968. The van der Waals surface area contributed by atoms with Gasteiger partial charge in [0.05, 0.1) is 18.8 Å². The van der Waals surface area contributed by atoms with E-state index in [1.165, 1.54) is 5.56 Å². The number of carbonyl (C=O) groups is 2. The number of likely N-dealkylation sites (N-methyl/N-ethyl adjacent to an activating group) is 1. The summed E-state index contributed by atoms with van der Waals surface area (Å²) in [6, 6.07) is 35.1. The highest BCUT2D eigenvalue weighted by atomic mass is 16.7. The zero-order chi connectivity index (χ0) is 35.3. The Morgan fingerprint density at radius 2 is 1.48 bits per heavy atom. The highest BCUT2D eigenvalue weighted by Crippen LogP contribution is 2.39. The van der Waals surface area contributed by atoms with Gasteiger partial charge in [-0.05, 0) is 60.2 Å². The number of hydrogen-bond acceptors (Lipinski definition) is 6. The summed E-state index contributed by atoms with van der Waals surface area (Å²) in [6.07, 6.45) is 3.59. The standard InChI is InChI=1S/C42H50N2O6/c1-30(32-12-6-5-7-13-32)44(2)28-37-26-39(34-20-18-31(29-45)19-21-34)50-42(49-37)35-24-22-33(23-25-35)38-15-11-10-14-36(38)27-43-40(46)16-8-3-4-9-17-41(47)48/h5-7,10-15,18-25,30,37,39,42,45H,3-4,8-9,16-17,26-29H2,1-2H3,(H,43,46)(H,47,48)/t30-,37-,39+,42+/m0/s1. The fraction of sp³-hybridized carbons (Fsp3) is 0.381. The first-order chi connectivity index (χ1) is 24.3. The molecule has 0 unspecified atom stereocenters. The van der Waals surface area contributed by atoms with Crippen LogP contribution in [-0.2, 0) is 32.2 Å². The Morgan fingerprint density at radius 3 is 2.18 bits per heavy atom. The largest absolute Gasteiger partial charge is 0.481 e. The van der Waals surface area contributed by atoms with Gasteiger partial charge in [0.25, 0.3) is 0 Å². The molecule has 1 heterocycles. The SMILES string of the molecule is C[C@@H](c1ccccc1)N(C)C[C@@H]1C[C@H](c2ccc(CO)cc2)O[C@H](c2ccc(-c3ccccc3CNC(=O)CCCCCCC(=O)O)cc2)O1. The monoisotopic (exact) mass is 678 g/mol. The first-order valence-corrected chi connectivity index (χ1v) is 17.7. The lowest BCUT2D eigenvalue weighted by Gasteiger charge is -2.39. The molecule has 4 aromatic carbocycles. The Kier molecular flexibility index (Phi) is 13.7. The minimum absolute atomic E-state index is 0.00102. The number of rotatable bonds is 17. The average molecular weight is 679 g/mol. The van der Waals surface area contributed by atoms with Gasteiger partial charge in [0.1, 0.15) is 0 Å². The molecule has 1 aliphatic heterocycles. The first-order valence-electron chi connectivity index (χ1n) is 17.7. The molecule has 3 N–H and O–H groups in total. The van der Waals surface area contributed by atoms with Crippen molar-refractivity contribution < 1.29 is 29.3 Å². The van der Waals surface area contributed by atoms with Crippen molar-refractivity contribution in [3.63, 3.8) is 0 Å². The number of carboxylic acids is 1. The van der Waals surface area contributed by atoms with Crippen molar-refractivity contribution >= 4 is 11.9 Å². The fourth-order valence-corrected chi connectivity index (χ4v) is 6.47. The van der Waals surface area contributed by atoms with Gasteiger partial charge in [0, 0.05) is 44.0 Å². The van der Waals surface area contributed by atoms with Crippen LogP contribution in [0.25, 0.3) is 11.1 Å². The Hall–Kier alpha value is -4.34. The van der Waals surface area contributed by atoms with Gasteiger partial charge in [0.15, 0.2) is 6.29 Å². The third-order valence-corrected chi connectivity index (χ3v) is 9.58. The fourth-order valence-electron chi connectivity index (χ4n) is 6.47. The number of nitrogens with one attached hydrogen (secondary N) is 1. The van der Waals surface area contributed by atoms with E-state index in [4.69, 9.17) is 14.6 Å². The average Bonchev–Trinajstić information content (AvgIpc) is 3.15. The van der Waals surface area contributed by atoms with Gasteiger partial charge in [-0.15, -0.1) is 0 Å². The van der Waals surface area contributed by atoms with Crippen LogP contribution in [0.3, 0.4) is 0 Å². The molecule has 0 aromatic heterocycles. The highest BCUT2D eigenvalue weighted by molar-refractivity contribution is 5.76. The zero-order valence-electron chi connectivity index (χ0n) is 29.2. The molecule has 0 aliphatic carbocycles. The van der Waals surface area contributed by atoms with Crippen LogP contribution in [0.4, 0.5) is 0 Å². The molecule has 5 rings (SSSR count). The molecule has 0 radical (unpaired) electrons. The van der Waals surface area contributed by atoms with Crippen LogP contribution in [-0.4, -0.2) is 46.7 Å². The van der Waals surface area contributed by atoms with E-state index in [9.17, 15) is 14.7 Å². The number of nitrogens with zero attached hydrogens (tertiary/aromatic N) is 1. The van der Waals surface area contributed by atoms with Crippen LogP contribution in [0.2, 0.25) is 0 Å². The van der Waals surface area contributed by atoms with E-state index in [-0.39, 0.29) is 37.2 Å². The number of ether oxygens (including phenoxy) is 2. The van der Waals surface area contributed by atoms with E-state index in [1.807, 2.05) is 48.5 Å². The van der Waals surface area contributed by atoms with Crippen molar-refractivity contribution in [1.82, 2.24) is 10.2 Å². The van der Waals surface area contributed by atoms with Gasteiger partial charge in [0.2, 0.25) is 5.91 Å². The summed E-state index contributed by atoms with van der Waals surface area (Å²) in [5.41, 5.74) is 7.24. The van der Waals surface area contributed by atoms with Gasteiger partial charge < -0.3 is 25.0 Å². The van der Waals surface area contributed by atoms with Gasteiger partial charge >= 0.3 is 5.97 Å². The van der Waals surface area contributed by atoms with E-state index < -0.39 is 12.3 Å². The smallest absolute Gasteiger partial charge is 0.303 e. The Bertz CT molecular complexity index is 1640. The van der Waals surface area contributed by atoms with Crippen molar-refractivity contribution in [2.75, 3.05) is 13.6 Å². The van der Waals surface area contributed by atoms with Crippen LogP contribution in [0.1, 0.15) is 98.1 Å². The molecule has 1 amide bonds. The molecule has 264 valence electrons. The van der Waals surface area contributed by atoms with E-state index in [2.05, 4.69) is 78.8 Å². The van der Waals surface area contributed by atoms with Gasteiger partial charge in [-0.25, -0.2) is 0 Å². The lowest BCUT2D eigenvalue weighted by Crippen LogP contribution is -2.38. The molecular weight excluding hydrogens is 628 g/mol. The molecule has 4 aromatic rings. The van der Waals surface area contributed by atoms with E-state index in [1.54, 1.807) is 0 Å². The molecule has 50 heavy (non-hydrogen) atoms. The summed E-state index contributed by atoms with van der Waals surface area (Å²) < 4.78 is 13.3. The first kappa shape index (κ1) is 36.9. The van der Waals surface area contributed by atoms with Crippen molar-refractivity contribution in [2.24, 2.45) is 0 Å². The number of carboxylic acid groups (broad SMARTS) is 1. The number of unbranched alkanes of at least 4 members (excludes halogenated alkanes) is 3. The minimum Gasteiger partial charge on any atom is -0.481 e. The number of aliphatic carboxylic acids is 1. The predicted molar refractivity (Wildman–Crippen MR) is 195 cm³/mol. The summed E-state index contributed by atoms with van der Waals surface area (Å²) in [5, 5.41) is 21.4. The highest BCUT2D eigenvalue weighted by Gasteiger charge is 2.33. The second-order valence-electron chi connectivity index (χ2n) is 13.2. The molecule has 1 fully saturated rings. The molecule has 0 bridgehead atoms. The van der Waals surface area contributed by atoms with E-state index >= 15 is 0 Å². The van der Waals surface area contributed by atoms with Crippen molar-refractivity contribution in [3.05, 3.63) is 131 Å². The molecular formula is C42H50N2O6. The Morgan fingerprint density at radius 1 is 0.820 bits per heavy atom. The van der Waals surface area contributed by atoms with Gasteiger partial charge in [-0.3, -0.25) is 14.5 Å². The minimum atomic E-state index is -0.775. The number of aliphatic hydroxyl groups excluding tert-OH is 1. The molecule has 0 saturated carbocycles. The molecule has 0 spiro atoms. The lowest BCUT2D eigenvalue weighted by molar-refractivity contribution is -0.253. The van der Waals surface area contributed by atoms with Crippen molar-refractivity contribution in [3.8, 4) is 11.1 Å². The number of carbonyl (C=O) groups excluding carboxylic acids is 1. The molecule has 1 saturated heterocycles. The summed E-state index contributed by atoms with van der Waals surface area (Å²) in [5.74, 6) is -0.776. The number of aliphatic hydroxyl groups is 1. The molecule has 8 heteroatoms. The van der Waals surface area contributed by atoms with Crippen LogP contribution in [0, 0.1) is 0 Å². The summed E-state index contributed by atoms with van der Waals surface area (Å²) in [6.45, 7) is 3.38. The molecule has 1 aliphatic rings. The summed E-state index contributed by atoms with van der Waals surface area (Å²) in [7, 11) is 2.14. The Labute approximate surface area is 296 Å². The molecule has 4 atom stereocenters. The maximum absolute atomic E-state index is 12.5. The summed E-state index contributed by atoms with van der Waals surface area (Å²) in [4.78, 5) is 25.5. The second-order valence-corrected chi connectivity index (χ2v) is 13.2. The third kappa shape index (κ3) is 10.6. The topological polar surface area (TPSA) is 108 Å².